The zero-order valence-corrected chi connectivity index (χ0v) is 20.3. The maximum absolute atomic E-state index is 13.4. The summed E-state index contributed by atoms with van der Waals surface area (Å²) in [5.41, 5.74) is 2.08. The summed E-state index contributed by atoms with van der Waals surface area (Å²) >= 11 is 6.06. The largest absolute Gasteiger partial charge is 0.452 e. The second-order valence-electron chi connectivity index (χ2n) is 8.91. The van der Waals surface area contributed by atoms with Crippen LogP contribution in [0.15, 0.2) is 80.8 Å². The number of hydrogen-bond donors (Lipinski definition) is 0. The van der Waals surface area contributed by atoms with Crippen molar-refractivity contribution < 1.29 is 17.0 Å². The quantitative estimate of drug-likeness (QED) is 0.311. The van der Waals surface area contributed by atoms with Crippen LogP contribution in [0.5, 0.6) is 5.75 Å². The Morgan fingerprint density at radius 1 is 0.909 bits per heavy atom. The lowest BCUT2D eigenvalue weighted by Gasteiger charge is -2.19. The summed E-state index contributed by atoms with van der Waals surface area (Å²) in [4.78, 5) is 13.3. The van der Waals surface area contributed by atoms with Crippen molar-refractivity contribution in [2.24, 2.45) is 0 Å². The van der Waals surface area contributed by atoms with Crippen molar-refractivity contribution in [1.82, 2.24) is 0 Å². The average Bonchev–Trinajstić information content (AvgIpc) is 2.76. The van der Waals surface area contributed by atoms with Gasteiger partial charge in [0.25, 0.3) is 0 Å². The lowest BCUT2D eigenvalue weighted by molar-refractivity contribution is 0.472. The highest BCUT2D eigenvalue weighted by Gasteiger charge is 2.25. The van der Waals surface area contributed by atoms with Gasteiger partial charge in [0, 0.05) is 10.6 Å². The summed E-state index contributed by atoms with van der Waals surface area (Å²) in [5, 5.41) is 0.455. The first-order chi connectivity index (χ1) is 15.5. The molecule has 0 spiro atoms. The van der Waals surface area contributed by atoms with Crippen LogP contribution in [0.1, 0.15) is 31.9 Å². The van der Waals surface area contributed by atoms with E-state index in [1.807, 2.05) is 19.1 Å². The van der Waals surface area contributed by atoms with Gasteiger partial charge in [-0.2, -0.15) is 8.42 Å². The van der Waals surface area contributed by atoms with Crippen LogP contribution in [0.2, 0.25) is 5.02 Å². The molecular weight excluding hydrogens is 460 g/mol. The highest BCUT2D eigenvalue weighted by atomic mass is 35.5. The molecule has 0 radical (unpaired) electrons. The second-order valence-corrected chi connectivity index (χ2v) is 10.9. The Morgan fingerprint density at radius 3 is 2.15 bits per heavy atom. The number of aryl methyl sites for hydroxylation is 1. The maximum Gasteiger partial charge on any atom is 0.339 e. The van der Waals surface area contributed by atoms with Crippen molar-refractivity contribution in [3.8, 4) is 17.1 Å². The summed E-state index contributed by atoms with van der Waals surface area (Å²) in [7, 11) is -4.29. The number of fused-ring (bicyclic) bond motifs is 1. The lowest BCUT2D eigenvalue weighted by atomic mass is 9.86. The molecule has 0 aliphatic rings. The van der Waals surface area contributed by atoms with Crippen LogP contribution in [0, 0.1) is 6.92 Å². The predicted molar refractivity (Wildman–Crippen MR) is 131 cm³/mol. The van der Waals surface area contributed by atoms with Crippen LogP contribution in [0.3, 0.4) is 0 Å². The van der Waals surface area contributed by atoms with Gasteiger partial charge >= 0.3 is 10.1 Å². The second kappa shape index (κ2) is 8.36. The first-order valence-electron chi connectivity index (χ1n) is 10.3. The van der Waals surface area contributed by atoms with E-state index in [2.05, 4.69) is 20.8 Å². The van der Waals surface area contributed by atoms with Gasteiger partial charge in [-0.05, 0) is 48.2 Å². The average molecular weight is 483 g/mol. The third-order valence-electron chi connectivity index (χ3n) is 5.33. The van der Waals surface area contributed by atoms with Crippen molar-refractivity contribution >= 4 is 32.7 Å². The number of hydrogen-bond acceptors (Lipinski definition) is 5. The summed E-state index contributed by atoms with van der Waals surface area (Å²) in [6.07, 6.45) is 0. The van der Waals surface area contributed by atoms with E-state index in [1.165, 1.54) is 18.2 Å². The van der Waals surface area contributed by atoms with Gasteiger partial charge < -0.3 is 8.60 Å². The van der Waals surface area contributed by atoms with Crippen LogP contribution in [0.4, 0.5) is 0 Å². The molecule has 0 fully saturated rings. The first-order valence-corrected chi connectivity index (χ1v) is 12.1. The van der Waals surface area contributed by atoms with E-state index < -0.39 is 21.3 Å². The standard InChI is InChI=1S/C26H23ClO5S/c1-16-5-12-20(13-6-16)33(29,30)32-25-23(28)21-15-19(27)11-14-22(21)31-24(25)17-7-9-18(10-8-17)26(2,3)4/h5-15H,1-4H3. The van der Waals surface area contributed by atoms with Gasteiger partial charge in [0.1, 0.15) is 10.5 Å². The minimum Gasteiger partial charge on any atom is -0.452 e. The Kier molecular flexibility index (Phi) is 5.85. The first kappa shape index (κ1) is 23.1. The van der Waals surface area contributed by atoms with Gasteiger partial charge in [0.2, 0.25) is 11.2 Å². The summed E-state index contributed by atoms with van der Waals surface area (Å²) < 4.78 is 37.4. The zero-order chi connectivity index (χ0) is 24.0. The van der Waals surface area contributed by atoms with Gasteiger partial charge in [0.15, 0.2) is 5.76 Å². The molecule has 0 N–H and O–H groups in total. The molecule has 1 aromatic heterocycles. The number of benzene rings is 3. The molecule has 0 saturated carbocycles. The summed E-state index contributed by atoms with van der Waals surface area (Å²) in [5.74, 6) is -0.375. The summed E-state index contributed by atoms with van der Waals surface area (Å²) in [6.45, 7) is 8.11. The SMILES string of the molecule is Cc1ccc(S(=O)(=O)Oc2c(-c3ccc(C(C)(C)C)cc3)oc3ccc(Cl)cc3c2=O)cc1. The third-order valence-corrected chi connectivity index (χ3v) is 6.80. The molecule has 33 heavy (non-hydrogen) atoms. The number of halogens is 1. The van der Waals surface area contributed by atoms with E-state index in [4.69, 9.17) is 20.2 Å². The molecule has 0 aliphatic carbocycles. The Labute approximate surface area is 197 Å². The van der Waals surface area contributed by atoms with Crippen LogP contribution < -0.4 is 9.61 Å². The fourth-order valence-electron chi connectivity index (χ4n) is 3.40. The molecule has 0 bridgehead atoms. The van der Waals surface area contributed by atoms with Crippen molar-refractivity contribution in [2.75, 3.05) is 0 Å². The third kappa shape index (κ3) is 4.68. The molecule has 7 heteroatoms. The van der Waals surface area contributed by atoms with E-state index in [0.29, 0.717) is 10.6 Å². The topological polar surface area (TPSA) is 73.6 Å². The Morgan fingerprint density at radius 2 is 1.55 bits per heavy atom. The highest BCUT2D eigenvalue weighted by molar-refractivity contribution is 7.87. The molecule has 170 valence electrons. The van der Waals surface area contributed by atoms with Gasteiger partial charge in [0.05, 0.1) is 5.39 Å². The zero-order valence-electron chi connectivity index (χ0n) is 18.7. The number of rotatable bonds is 4. The van der Waals surface area contributed by atoms with Crippen LogP contribution >= 0.6 is 11.6 Å². The fraction of sp³-hybridized carbons (Fsp3) is 0.192. The van der Waals surface area contributed by atoms with Gasteiger partial charge in [-0.25, -0.2) is 0 Å². The predicted octanol–water partition coefficient (Wildman–Crippen LogP) is 6.49. The minimum atomic E-state index is -4.29. The van der Waals surface area contributed by atoms with Crippen LogP contribution in [-0.4, -0.2) is 8.42 Å². The molecule has 0 atom stereocenters. The van der Waals surface area contributed by atoms with E-state index in [9.17, 15) is 13.2 Å². The molecule has 0 aliphatic heterocycles. The molecule has 0 amide bonds. The van der Waals surface area contributed by atoms with Crippen LogP contribution in [0.25, 0.3) is 22.3 Å². The van der Waals surface area contributed by atoms with E-state index >= 15 is 0 Å². The Hall–Kier alpha value is -3.09. The molecule has 0 saturated heterocycles. The fourth-order valence-corrected chi connectivity index (χ4v) is 4.51. The molecule has 3 aromatic carbocycles. The van der Waals surface area contributed by atoms with Gasteiger partial charge in [-0.3, -0.25) is 4.79 Å². The molecular formula is C26H23ClO5S. The van der Waals surface area contributed by atoms with Gasteiger partial charge in [-0.15, -0.1) is 0 Å². The normalized spacial score (nSPS) is 12.2. The van der Waals surface area contributed by atoms with Crippen molar-refractivity contribution in [3.63, 3.8) is 0 Å². The minimum absolute atomic E-state index is 0.0333. The maximum atomic E-state index is 13.4. The van der Waals surface area contributed by atoms with E-state index in [1.54, 1.807) is 36.4 Å². The van der Waals surface area contributed by atoms with Crippen molar-refractivity contribution in [3.05, 3.63) is 93.1 Å². The van der Waals surface area contributed by atoms with E-state index in [-0.39, 0.29) is 27.0 Å². The Bertz CT molecular complexity index is 1490. The van der Waals surface area contributed by atoms with Crippen molar-refractivity contribution in [1.29, 1.82) is 0 Å². The molecule has 5 nitrogen and oxygen atoms in total. The lowest BCUT2D eigenvalue weighted by Crippen LogP contribution is -2.17. The molecule has 0 unspecified atom stereocenters. The Balaban J connectivity index is 1.92. The van der Waals surface area contributed by atoms with E-state index in [0.717, 1.165) is 11.1 Å². The van der Waals surface area contributed by atoms with Crippen LogP contribution in [-0.2, 0) is 15.5 Å². The molecule has 4 aromatic rings. The monoisotopic (exact) mass is 482 g/mol. The smallest absolute Gasteiger partial charge is 0.339 e. The highest BCUT2D eigenvalue weighted by Crippen LogP contribution is 2.34. The molecule has 4 rings (SSSR count). The summed E-state index contributed by atoms with van der Waals surface area (Å²) in [6, 6.07) is 18.2. The van der Waals surface area contributed by atoms with Crippen molar-refractivity contribution in [2.45, 2.75) is 38.0 Å². The van der Waals surface area contributed by atoms with Gasteiger partial charge in [-0.1, -0.05) is 74.3 Å². The molecule has 1 heterocycles.